The Labute approximate surface area is 185 Å². The summed E-state index contributed by atoms with van der Waals surface area (Å²) >= 11 is 0. The minimum atomic E-state index is -0.437. The maximum atomic E-state index is 12.3. The summed E-state index contributed by atoms with van der Waals surface area (Å²) in [6.07, 6.45) is 1.37. The molecule has 0 spiro atoms. The van der Waals surface area contributed by atoms with Crippen molar-refractivity contribution >= 4 is 12.1 Å². The maximum absolute atomic E-state index is 12.3. The molecule has 3 aromatic carbocycles. The van der Waals surface area contributed by atoms with Gasteiger partial charge in [0, 0.05) is 11.1 Å². The van der Waals surface area contributed by atoms with Crippen LogP contribution in [0.5, 0.6) is 11.5 Å². The van der Waals surface area contributed by atoms with Crippen molar-refractivity contribution < 1.29 is 14.6 Å². The molecule has 0 bridgehead atoms. The number of hydrogen-bond acceptors (Lipinski definition) is 5. The Hall–Kier alpha value is -4.39. The Kier molecular flexibility index (Phi) is 6.27. The van der Waals surface area contributed by atoms with E-state index < -0.39 is 5.91 Å². The summed E-state index contributed by atoms with van der Waals surface area (Å²) in [5.41, 5.74) is 6.98. The van der Waals surface area contributed by atoms with Gasteiger partial charge in [-0.25, -0.2) is 5.43 Å². The van der Waals surface area contributed by atoms with Gasteiger partial charge in [0.25, 0.3) is 5.91 Å². The molecule has 0 saturated heterocycles. The number of para-hydroxylation sites is 1. The van der Waals surface area contributed by atoms with Crippen LogP contribution < -0.4 is 10.2 Å². The molecular formula is C25H22N4O3. The summed E-state index contributed by atoms with van der Waals surface area (Å²) in [4.78, 5) is 12.3. The molecule has 1 aromatic heterocycles. The molecule has 4 rings (SSSR count). The van der Waals surface area contributed by atoms with Crippen LogP contribution in [0.1, 0.15) is 27.2 Å². The van der Waals surface area contributed by atoms with Crippen molar-refractivity contribution in [3.05, 3.63) is 101 Å². The number of aromatic hydroxyl groups is 1. The number of hydrazone groups is 1. The van der Waals surface area contributed by atoms with Crippen molar-refractivity contribution in [1.82, 2.24) is 15.6 Å². The first-order valence-corrected chi connectivity index (χ1v) is 10.0. The first-order chi connectivity index (χ1) is 15.6. The molecule has 0 radical (unpaired) electrons. The molecule has 0 aliphatic carbocycles. The molecule has 0 atom stereocenters. The number of aromatic nitrogens is 2. The summed E-state index contributed by atoms with van der Waals surface area (Å²) in [7, 11) is 0. The molecule has 3 N–H and O–H groups in total. The minimum absolute atomic E-state index is 0.0839. The van der Waals surface area contributed by atoms with Crippen molar-refractivity contribution in [3.8, 4) is 22.8 Å². The second-order valence-electron chi connectivity index (χ2n) is 7.22. The quantitative estimate of drug-likeness (QED) is 0.301. The van der Waals surface area contributed by atoms with E-state index in [2.05, 4.69) is 39.8 Å². The van der Waals surface area contributed by atoms with Gasteiger partial charge in [-0.2, -0.15) is 10.2 Å². The Morgan fingerprint density at radius 2 is 1.84 bits per heavy atom. The fraction of sp³-hybridized carbons (Fsp3) is 0.0800. The van der Waals surface area contributed by atoms with E-state index in [1.165, 1.54) is 11.8 Å². The van der Waals surface area contributed by atoms with Gasteiger partial charge in [0.05, 0.1) is 11.9 Å². The van der Waals surface area contributed by atoms with Gasteiger partial charge >= 0.3 is 0 Å². The number of phenols is 1. The van der Waals surface area contributed by atoms with Crippen LogP contribution in [0.4, 0.5) is 0 Å². The van der Waals surface area contributed by atoms with Crippen molar-refractivity contribution in [2.24, 2.45) is 5.10 Å². The Bertz CT molecular complexity index is 1230. The highest BCUT2D eigenvalue weighted by Crippen LogP contribution is 2.22. The number of aromatic amines is 1. The number of phenolic OH excluding ortho intramolecular Hbond substituents is 1. The summed E-state index contributed by atoms with van der Waals surface area (Å²) in [5, 5.41) is 20.5. The molecule has 0 unspecified atom stereocenters. The van der Waals surface area contributed by atoms with Gasteiger partial charge in [-0.3, -0.25) is 9.89 Å². The van der Waals surface area contributed by atoms with Gasteiger partial charge in [-0.05, 0) is 55.0 Å². The van der Waals surface area contributed by atoms with Crippen LogP contribution >= 0.6 is 0 Å². The highest BCUT2D eigenvalue weighted by molar-refractivity contribution is 5.94. The molecule has 7 heteroatoms. The summed E-state index contributed by atoms with van der Waals surface area (Å²) in [6.45, 7) is 2.55. The Balaban J connectivity index is 1.34. The zero-order valence-electron chi connectivity index (χ0n) is 17.4. The monoisotopic (exact) mass is 426 g/mol. The lowest BCUT2D eigenvalue weighted by Crippen LogP contribution is -2.18. The van der Waals surface area contributed by atoms with Crippen molar-refractivity contribution in [2.75, 3.05) is 0 Å². The number of H-pyrrole nitrogens is 1. The van der Waals surface area contributed by atoms with Crippen LogP contribution in [0, 0.1) is 6.92 Å². The number of hydrogen-bond donors (Lipinski definition) is 3. The largest absolute Gasteiger partial charge is 0.507 e. The van der Waals surface area contributed by atoms with Gasteiger partial charge in [0.15, 0.2) is 0 Å². The average Bonchev–Trinajstić information content (AvgIpc) is 3.31. The fourth-order valence-electron chi connectivity index (χ4n) is 2.98. The second kappa shape index (κ2) is 9.61. The van der Waals surface area contributed by atoms with E-state index in [0.29, 0.717) is 17.9 Å². The standard InChI is InChI=1S/C25H22N4O3/c1-17-6-8-18(9-7-17)16-32-21-12-10-19(11-13-21)22-14-23(28-27-22)25(31)29-26-15-20-4-2-3-5-24(20)30/h2-15,30H,16H2,1H3,(H,27,28)(H,29,31). The molecular weight excluding hydrogens is 404 g/mol. The average molecular weight is 426 g/mol. The van der Waals surface area contributed by atoms with Crippen LogP contribution in [0.2, 0.25) is 0 Å². The number of nitrogens with zero attached hydrogens (tertiary/aromatic N) is 2. The normalized spacial score (nSPS) is 10.9. The van der Waals surface area contributed by atoms with Crippen molar-refractivity contribution in [2.45, 2.75) is 13.5 Å². The number of ether oxygens (including phenoxy) is 1. The van der Waals surface area contributed by atoms with Crippen LogP contribution in [0.15, 0.2) is 84.0 Å². The van der Waals surface area contributed by atoms with Gasteiger partial charge < -0.3 is 9.84 Å². The number of nitrogens with one attached hydrogen (secondary N) is 2. The van der Waals surface area contributed by atoms with Gasteiger partial charge in [-0.15, -0.1) is 0 Å². The molecule has 0 saturated carbocycles. The topological polar surface area (TPSA) is 99.6 Å². The number of rotatable bonds is 7. The highest BCUT2D eigenvalue weighted by Gasteiger charge is 2.10. The maximum Gasteiger partial charge on any atom is 0.289 e. The second-order valence-corrected chi connectivity index (χ2v) is 7.22. The van der Waals surface area contributed by atoms with Gasteiger partial charge in [0.1, 0.15) is 23.8 Å². The van der Waals surface area contributed by atoms with Crippen LogP contribution in [-0.4, -0.2) is 27.4 Å². The lowest BCUT2D eigenvalue weighted by Gasteiger charge is -2.07. The van der Waals surface area contributed by atoms with E-state index in [1.807, 2.05) is 36.4 Å². The SMILES string of the molecule is Cc1ccc(COc2ccc(-c3cc(C(=O)NN=Cc4ccccc4O)[nH]n3)cc2)cc1. The fourth-order valence-corrected chi connectivity index (χ4v) is 2.98. The molecule has 4 aromatic rings. The summed E-state index contributed by atoms with van der Waals surface area (Å²) in [6, 6.07) is 24.1. The zero-order chi connectivity index (χ0) is 22.3. The highest BCUT2D eigenvalue weighted by atomic mass is 16.5. The molecule has 160 valence electrons. The van der Waals surface area contributed by atoms with E-state index >= 15 is 0 Å². The minimum Gasteiger partial charge on any atom is -0.507 e. The molecule has 32 heavy (non-hydrogen) atoms. The predicted octanol–water partition coefficient (Wildman–Crippen LogP) is 4.43. The number of carbonyl (C=O) groups excluding carboxylic acids is 1. The first kappa shape index (κ1) is 20.9. The third-order valence-corrected chi connectivity index (χ3v) is 4.81. The summed E-state index contributed by atoms with van der Waals surface area (Å²) in [5.74, 6) is 0.399. The molecule has 1 amide bonds. The molecule has 7 nitrogen and oxygen atoms in total. The Morgan fingerprint density at radius 1 is 1.09 bits per heavy atom. The van der Waals surface area contributed by atoms with E-state index in [4.69, 9.17) is 4.74 Å². The molecule has 0 aliphatic heterocycles. The summed E-state index contributed by atoms with van der Waals surface area (Å²) < 4.78 is 5.83. The van der Waals surface area contributed by atoms with Crippen molar-refractivity contribution in [1.29, 1.82) is 0 Å². The van der Waals surface area contributed by atoms with E-state index in [0.717, 1.165) is 16.9 Å². The molecule has 0 aliphatic rings. The lowest BCUT2D eigenvalue weighted by molar-refractivity contribution is 0.0950. The van der Waals surface area contributed by atoms with Gasteiger partial charge in [-0.1, -0.05) is 42.0 Å². The molecule has 1 heterocycles. The number of benzene rings is 3. The van der Waals surface area contributed by atoms with E-state index in [1.54, 1.807) is 30.3 Å². The van der Waals surface area contributed by atoms with Crippen molar-refractivity contribution in [3.63, 3.8) is 0 Å². The van der Waals surface area contributed by atoms with E-state index in [9.17, 15) is 9.90 Å². The number of carbonyl (C=O) groups is 1. The Morgan fingerprint density at radius 3 is 2.59 bits per heavy atom. The smallest absolute Gasteiger partial charge is 0.289 e. The third kappa shape index (κ3) is 5.20. The zero-order valence-corrected chi connectivity index (χ0v) is 17.4. The van der Waals surface area contributed by atoms with Crippen LogP contribution in [0.3, 0.4) is 0 Å². The first-order valence-electron chi connectivity index (χ1n) is 10.0. The predicted molar refractivity (Wildman–Crippen MR) is 123 cm³/mol. The number of amides is 1. The van der Waals surface area contributed by atoms with E-state index in [-0.39, 0.29) is 11.4 Å². The van der Waals surface area contributed by atoms with Crippen LogP contribution in [-0.2, 0) is 6.61 Å². The molecule has 0 fully saturated rings. The third-order valence-electron chi connectivity index (χ3n) is 4.81. The lowest BCUT2D eigenvalue weighted by atomic mass is 10.1. The van der Waals surface area contributed by atoms with Gasteiger partial charge in [0.2, 0.25) is 0 Å². The van der Waals surface area contributed by atoms with Crippen LogP contribution in [0.25, 0.3) is 11.3 Å². The number of aryl methyl sites for hydroxylation is 1.